The number of rotatable bonds is 10. The smallest absolute Gasteiger partial charge is 0.0809 e. The van der Waals surface area contributed by atoms with Gasteiger partial charge in [-0.05, 0) is 86.0 Å². The first kappa shape index (κ1) is 26.7. The predicted octanol–water partition coefficient (Wildman–Crippen LogP) is 6.73. The number of hydrogen-bond donors (Lipinski definition) is 3. The van der Waals surface area contributed by atoms with Crippen molar-refractivity contribution in [3.63, 3.8) is 0 Å². The second-order valence-electron chi connectivity index (χ2n) is 11.7. The summed E-state index contributed by atoms with van der Waals surface area (Å²) in [5.74, 6) is 2.70. The van der Waals surface area contributed by atoms with Crippen molar-refractivity contribution in [3.8, 4) is 0 Å². The minimum Gasteiger partial charge on any atom is -0.396 e. The molecule has 0 radical (unpaired) electrons. The summed E-state index contributed by atoms with van der Waals surface area (Å²) in [7, 11) is 0. The van der Waals surface area contributed by atoms with Gasteiger partial charge in [-0.1, -0.05) is 82.8 Å². The maximum absolute atomic E-state index is 10.2. The molecule has 0 aromatic heterocycles. The van der Waals surface area contributed by atoms with E-state index in [2.05, 4.69) is 39.5 Å². The van der Waals surface area contributed by atoms with Crippen molar-refractivity contribution < 1.29 is 15.3 Å². The number of aliphatic hydroxyl groups is 3. The third-order valence-electron chi connectivity index (χ3n) is 9.64. The molecule has 7 atom stereocenters. The van der Waals surface area contributed by atoms with Gasteiger partial charge in [0.05, 0.1) is 12.2 Å². The highest BCUT2D eigenvalue weighted by molar-refractivity contribution is 5.29. The minimum atomic E-state index is -0.618. The van der Waals surface area contributed by atoms with E-state index in [1.54, 1.807) is 5.57 Å². The zero-order valence-electron chi connectivity index (χ0n) is 21.6. The molecule has 0 aliphatic heterocycles. The van der Waals surface area contributed by atoms with Crippen LogP contribution in [0.5, 0.6) is 0 Å². The summed E-state index contributed by atoms with van der Waals surface area (Å²) in [6.45, 7) is 11.5. The standard InChI is InChI=1S/C30H50O3/c1-5-6-7-8-10-24(16-18-31)21(2)26-14-15-27-25(11-9-17-30(26,27)4)13-12-23-19-28(32)22(3)29(33)20-23/h12-13,21,24,26-29,31-33H,3,5-11,14-20H2,1-2,4H3/b25-13+/t21-,24+,26-,27+,28-,29-,30-/m1/s1. The SMILES string of the molecule is C=C1[C@H](O)CC(=C/C=C2\CCC[C@]3(C)[C@@H]([C@H](C)[C@H](CCO)CCCCCC)CC[C@@H]23)C[C@H]1O. The van der Waals surface area contributed by atoms with E-state index in [-0.39, 0.29) is 0 Å². The summed E-state index contributed by atoms with van der Waals surface area (Å²) in [5, 5.41) is 30.1. The van der Waals surface area contributed by atoms with Crippen molar-refractivity contribution in [2.24, 2.45) is 29.1 Å². The van der Waals surface area contributed by atoms with Crippen molar-refractivity contribution in [2.75, 3.05) is 6.61 Å². The van der Waals surface area contributed by atoms with Gasteiger partial charge >= 0.3 is 0 Å². The van der Waals surface area contributed by atoms with Gasteiger partial charge < -0.3 is 15.3 Å². The Morgan fingerprint density at radius 1 is 1.06 bits per heavy atom. The van der Waals surface area contributed by atoms with E-state index in [4.69, 9.17) is 0 Å². The highest BCUT2D eigenvalue weighted by Crippen LogP contribution is 2.60. The highest BCUT2D eigenvalue weighted by Gasteiger charge is 2.51. The van der Waals surface area contributed by atoms with E-state index in [0.29, 0.717) is 48.2 Å². The first-order chi connectivity index (χ1) is 15.8. The topological polar surface area (TPSA) is 60.7 Å². The third-order valence-corrected chi connectivity index (χ3v) is 9.64. The number of aliphatic hydroxyl groups excluding tert-OH is 3. The van der Waals surface area contributed by atoms with E-state index in [9.17, 15) is 15.3 Å². The molecular weight excluding hydrogens is 408 g/mol. The van der Waals surface area contributed by atoms with Gasteiger partial charge in [-0.25, -0.2) is 0 Å². The van der Waals surface area contributed by atoms with Crippen LogP contribution in [-0.2, 0) is 0 Å². The Kier molecular flexibility index (Phi) is 9.85. The van der Waals surface area contributed by atoms with E-state index in [0.717, 1.165) is 17.9 Å². The Labute approximate surface area is 203 Å². The van der Waals surface area contributed by atoms with Crippen molar-refractivity contribution >= 4 is 0 Å². The van der Waals surface area contributed by atoms with Crippen molar-refractivity contribution in [1.82, 2.24) is 0 Å². The van der Waals surface area contributed by atoms with Crippen LogP contribution in [0, 0.1) is 29.1 Å². The van der Waals surface area contributed by atoms with Crippen LogP contribution in [0.4, 0.5) is 0 Å². The fourth-order valence-electron chi connectivity index (χ4n) is 7.57. The number of hydrogen-bond acceptors (Lipinski definition) is 3. The summed E-state index contributed by atoms with van der Waals surface area (Å²) in [5.41, 5.74) is 3.64. The molecule has 0 bridgehead atoms. The van der Waals surface area contributed by atoms with E-state index in [1.807, 2.05) is 0 Å². The lowest BCUT2D eigenvalue weighted by Gasteiger charge is -2.46. The van der Waals surface area contributed by atoms with Crippen LogP contribution in [0.15, 0.2) is 35.5 Å². The van der Waals surface area contributed by atoms with Crippen LogP contribution in [0.3, 0.4) is 0 Å². The normalized spacial score (nSPS) is 35.5. The van der Waals surface area contributed by atoms with Crippen LogP contribution < -0.4 is 0 Å². The first-order valence-corrected chi connectivity index (χ1v) is 13.9. The molecular formula is C30H50O3. The summed E-state index contributed by atoms with van der Waals surface area (Å²) in [4.78, 5) is 0. The van der Waals surface area contributed by atoms with Gasteiger partial charge in [-0.2, -0.15) is 0 Å². The van der Waals surface area contributed by atoms with Crippen LogP contribution in [0.2, 0.25) is 0 Å². The molecule has 0 aromatic carbocycles. The predicted molar refractivity (Wildman–Crippen MR) is 138 cm³/mol. The molecule has 3 rings (SSSR count). The zero-order chi connectivity index (χ0) is 24.0. The monoisotopic (exact) mass is 458 g/mol. The lowest BCUT2D eigenvalue weighted by molar-refractivity contribution is 0.0614. The molecule has 0 saturated heterocycles. The van der Waals surface area contributed by atoms with Gasteiger partial charge in [0.2, 0.25) is 0 Å². The van der Waals surface area contributed by atoms with Crippen LogP contribution in [0.25, 0.3) is 0 Å². The number of allylic oxidation sites excluding steroid dienone is 3. The van der Waals surface area contributed by atoms with Gasteiger partial charge in [0.25, 0.3) is 0 Å². The third kappa shape index (κ3) is 6.21. The molecule has 0 heterocycles. The molecule has 3 fully saturated rings. The summed E-state index contributed by atoms with van der Waals surface area (Å²) < 4.78 is 0. The van der Waals surface area contributed by atoms with Gasteiger partial charge in [0.1, 0.15) is 0 Å². The maximum Gasteiger partial charge on any atom is 0.0809 e. The molecule has 3 saturated carbocycles. The Hall–Kier alpha value is -0.900. The second kappa shape index (κ2) is 12.2. The van der Waals surface area contributed by atoms with E-state index in [1.165, 1.54) is 64.2 Å². The molecule has 0 spiro atoms. The zero-order valence-corrected chi connectivity index (χ0v) is 21.6. The van der Waals surface area contributed by atoms with Crippen molar-refractivity contribution in [1.29, 1.82) is 0 Å². The largest absolute Gasteiger partial charge is 0.396 e. The average Bonchev–Trinajstić information content (AvgIpc) is 3.15. The highest BCUT2D eigenvalue weighted by atomic mass is 16.3. The summed E-state index contributed by atoms with van der Waals surface area (Å²) >= 11 is 0. The Morgan fingerprint density at radius 3 is 2.45 bits per heavy atom. The first-order valence-electron chi connectivity index (χ1n) is 13.9. The molecule has 0 unspecified atom stereocenters. The molecule has 0 aromatic rings. The lowest BCUT2D eigenvalue weighted by Crippen LogP contribution is -2.38. The molecule has 3 N–H and O–H groups in total. The summed E-state index contributed by atoms with van der Waals surface area (Å²) in [6, 6.07) is 0. The Bertz CT molecular complexity index is 691. The summed E-state index contributed by atoms with van der Waals surface area (Å²) in [6.07, 6.45) is 18.3. The van der Waals surface area contributed by atoms with E-state index >= 15 is 0 Å². The van der Waals surface area contributed by atoms with Gasteiger partial charge in [0, 0.05) is 6.61 Å². The van der Waals surface area contributed by atoms with Crippen molar-refractivity contribution in [2.45, 2.75) is 116 Å². The molecule has 188 valence electrons. The Balaban J connectivity index is 1.71. The molecule has 3 nitrogen and oxygen atoms in total. The minimum absolute atomic E-state index is 0.318. The maximum atomic E-state index is 10.2. The second-order valence-corrected chi connectivity index (χ2v) is 11.7. The quantitative estimate of drug-likeness (QED) is 0.251. The van der Waals surface area contributed by atoms with Crippen LogP contribution >= 0.6 is 0 Å². The molecule has 33 heavy (non-hydrogen) atoms. The molecule has 3 aliphatic carbocycles. The lowest BCUT2D eigenvalue weighted by atomic mass is 9.59. The van der Waals surface area contributed by atoms with Gasteiger partial charge in [0.15, 0.2) is 0 Å². The molecule has 3 aliphatic rings. The number of fused-ring (bicyclic) bond motifs is 1. The molecule has 0 amide bonds. The molecule has 3 heteroatoms. The van der Waals surface area contributed by atoms with Crippen LogP contribution in [-0.4, -0.2) is 34.1 Å². The fourth-order valence-corrected chi connectivity index (χ4v) is 7.57. The van der Waals surface area contributed by atoms with Crippen LogP contribution in [0.1, 0.15) is 104 Å². The fraction of sp³-hybridized carbons (Fsp3) is 0.800. The van der Waals surface area contributed by atoms with E-state index < -0.39 is 12.2 Å². The van der Waals surface area contributed by atoms with Gasteiger partial charge in [-0.3, -0.25) is 0 Å². The van der Waals surface area contributed by atoms with Crippen molar-refractivity contribution in [3.05, 3.63) is 35.5 Å². The Morgan fingerprint density at radius 2 is 1.79 bits per heavy atom. The van der Waals surface area contributed by atoms with Gasteiger partial charge in [-0.15, -0.1) is 0 Å². The average molecular weight is 459 g/mol. The number of unbranched alkanes of at least 4 members (excludes halogenated alkanes) is 3.